The lowest BCUT2D eigenvalue weighted by Gasteiger charge is -2.17. The Morgan fingerprint density at radius 3 is 2.94 bits per heavy atom. The molecule has 1 atom stereocenters. The van der Waals surface area contributed by atoms with Crippen LogP contribution in [0.4, 0.5) is 0 Å². The molecule has 16 heavy (non-hydrogen) atoms. The molecule has 2 rings (SSSR count). The number of benzene rings is 1. The molecule has 2 N–H and O–H groups in total. The van der Waals surface area contributed by atoms with E-state index in [-0.39, 0.29) is 11.9 Å². The van der Waals surface area contributed by atoms with Crippen molar-refractivity contribution in [3.8, 4) is 0 Å². The highest BCUT2D eigenvalue weighted by atomic mass is 79.9. The SMILES string of the molecule is Cc1cccc(C(=O)N2CCC(N)C2)c1Br. The van der Waals surface area contributed by atoms with Crippen molar-refractivity contribution in [3.63, 3.8) is 0 Å². The Kier molecular flexibility index (Phi) is 3.30. The van der Waals surface area contributed by atoms with Gasteiger partial charge in [0.25, 0.3) is 5.91 Å². The Morgan fingerprint density at radius 2 is 2.31 bits per heavy atom. The topological polar surface area (TPSA) is 46.3 Å². The van der Waals surface area contributed by atoms with E-state index in [2.05, 4.69) is 15.9 Å². The molecule has 0 aliphatic carbocycles. The Morgan fingerprint density at radius 1 is 1.56 bits per heavy atom. The van der Waals surface area contributed by atoms with Gasteiger partial charge in [-0.25, -0.2) is 0 Å². The number of halogens is 1. The molecule has 1 fully saturated rings. The number of aryl methyl sites for hydroxylation is 1. The van der Waals surface area contributed by atoms with Gasteiger partial charge in [0.05, 0.1) is 5.56 Å². The smallest absolute Gasteiger partial charge is 0.255 e. The second-order valence-electron chi connectivity index (χ2n) is 4.24. The lowest BCUT2D eigenvalue weighted by Crippen LogP contribution is -2.32. The van der Waals surface area contributed by atoms with Gasteiger partial charge in [0.15, 0.2) is 0 Å². The van der Waals surface area contributed by atoms with Crippen LogP contribution in [0.5, 0.6) is 0 Å². The highest BCUT2D eigenvalue weighted by Gasteiger charge is 2.25. The van der Waals surface area contributed by atoms with Gasteiger partial charge in [-0.1, -0.05) is 12.1 Å². The van der Waals surface area contributed by atoms with Crippen LogP contribution in [0.2, 0.25) is 0 Å². The van der Waals surface area contributed by atoms with Crippen molar-refractivity contribution in [2.24, 2.45) is 5.73 Å². The Bertz CT molecular complexity index is 419. The molecule has 0 radical (unpaired) electrons. The number of likely N-dealkylation sites (tertiary alicyclic amines) is 1. The molecule has 1 amide bonds. The summed E-state index contributed by atoms with van der Waals surface area (Å²) in [6.45, 7) is 3.41. The maximum atomic E-state index is 12.2. The molecule has 86 valence electrons. The molecule has 0 saturated carbocycles. The number of nitrogens with two attached hydrogens (primary N) is 1. The second-order valence-corrected chi connectivity index (χ2v) is 5.03. The fraction of sp³-hybridized carbons (Fsp3) is 0.417. The minimum atomic E-state index is 0.0727. The second kappa shape index (κ2) is 4.55. The van der Waals surface area contributed by atoms with Gasteiger partial charge in [-0.3, -0.25) is 4.79 Å². The quantitative estimate of drug-likeness (QED) is 0.856. The number of nitrogens with zero attached hydrogens (tertiary/aromatic N) is 1. The van der Waals surface area contributed by atoms with Crippen LogP contribution in [0, 0.1) is 6.92 Å². The molecule has 3 nitrogen and oxygen atoms in total. The standard InChI is InChI=1S/C12H15BrN2O/c1-8-3-2-4-10(11(8)13)12(16)15-6-5-9(14)7-15/h2-4,9H,5-7,14H2,1H3. The molecule has 1 unspecified atom stereocenters. The van der Waals surface area contributed by atoms with E-state index in [9.17, 15) is 4.79 Å². The maximum Gasteiger partial charge on any atom is 0.255 e. The summed E-state index contributed by atoms with van der Waals surface area (Å²) in [5, 5.41) is 0. The predicted molar refractivity (Wildman–Crippen MR) is 67.4 cm³/mol. The van der Waals surface area contributed by atoms with Crippen LogP contribution < -0.4 is 5.73 Å². The molecule has 0 spiro atoms. The van der Waals surface area contributed by atoms with Crippen LogP contribution in [0.1, 0.15) is 22.3 Å². The van der Waals surface area contributed by atoms with Gasteiger partial charge in [0, 0.05) is 23.6 Å². The largest absolute Gasteiger partial charge is 0.337 e. The monoisotopic (exact) mass is 282 g/mol. The molecule has 1 aromatic rings. The van der Waals surface area contributed by atoms with E-state index in [0.717, 1.165) is 28.6 Å². The Balaban J connectivity index is 2.24. The van der Waals surface area contributed by atoms with Gasteiger partial charge < -0.3 is 10.6 Å². The third-order valence-corrected chi connectivity index (χ3v) is 3.99. The van der Waals surface area contributed by atoms with Crippen molar-refractivity contribution < 1.29 is 4.79 Å². The number of carbonyl (C=O) groups is 1. The number of carbonyl (C=O) groups excluding carboxylic acids is 1. The van der Waals surface area contributed by atoms with Gasteiger partial charge in [-0.2, -0.15) is 0 Å². The molecule has 1 heterocycles. The highest BCUT2D eigenvalue weighted by molar-refractivity contribution is 9.10. The molecule has 1 saturated heterocycles. The van der Waals surface area contributed by atoms with Gasteiger partial charge >= 0.3 is 0 Å². The number of amides is 1. The summed E-state index contributed by atoms with van der Waals surface area (Å²) in [5.74, 6) is 0.0727. The zero-order valence-electron chi connectivity index (χ0n) is 9.24. The zero-order valence-corrected chi connectivity index (χ0v) is 10.8. The van der Waals surface area contributed by atoms with Crippen LogP contribution in [0.3, 0.4) is 0 Å². The van der Waals surface area contributed by atoms with E-state index in [1.165, 1.54) is 0 Å². The van der Waals surface area contributed by atoms with Crippen LogP contribution in [0.15, 0.2) is 22.7 Å². The van der Waals surface area contributed by atoms with Crippen molar-refractivity contribution in [3.05, 3.63) is 33.8 Å². The van der Waals surface area contributed by atoms with Crippen LogP contribution in [-0.4, -0.2) is 29.9 Å². The van der Waals surface area contributed by atoms with Gasteiger partial charge in [-0.05, 0) is 40.9 Å². The van der Waals surface area contributed by atoms with Crippen molar-refractivity contribution >= 4 is 21.8 Å². The molecule has 1 aliphatic rings. The minimum Gasteiger partial charge on any atom is -0.337 e. The lowest BCUT2D eigenvalue weighted by molar-refractivity contribution is 0.0790. The first-order valence-electron chi connectivity index (χ1n) is 5.39. The Labute approximate surface area is 104 Å². The third-order valence-electron chi connectivity index (χ3n) is 2.93. The van der Waals surface area contributed by atoms with Gasteiger partial charge in [0.2, 0.25) is 0 Å². The van der Waals surface area contributed by atoms with Gasteiger partial charge in [-0.15, -0.1) is 0 Å². The van der Waals surface area contributed by atoms with Gasteiger partial charge in [0.1, 0.15) is 0 Å². The summed E-state index contributed by atoms with van der Waals surface area (Å²) in [6.07, 6.45) is 0.898. The van der Waals surface area contributed by atoms with Crippen LogP contribution in [-0.2, 0) is 0 Å². The normalized spacial score (nSPS) is 20.2. The summed E-state index contributed by atoms with van der Waals surface area (Å²) in [5.41, 5.74) is 7.61. The molecule has 4 heteroatoms. The van der Waals surface area contributed by atoms with E-state index in [0.29, 0.717) is 6.54 Å². The number of hydrogen-bond donors (Lipinski definition) is 1. The van der Waals surface area contributed by atoms with E-state index in [1.54, 1.807) is 0 Å². The van der Waals surface area contributed by atoms with E-state index in [4.69, 9.17) is 5.73 Å². The minimum absolute atomic E-state index is 0.0727. The number of hydrogen-bond acceptors (Lipinski definition) is 2. The zero-order chi connectivity index (χ0) is 11.7. The molecule has 0 bridgehead atoms. The van der Waals surface area contributed by atoms with E-state index >= 15 is 0 Å². The van der Waals surface area contributed by atoms with Crippen molar-refractivity contribution in [1.82, 2.24) is 4.90 Å². The number of rotatable bonds is 1. The lowest BCUT2D eigenvalue weighted by atomic mass is 10.1. The molecule has 0 aromatic heterocycles. The van der Waals surface area contributed by atoms with E-state index in [1.807, 2.05) is 30.0 Å². The average Bonchev–Trinajstić information content (AvgIpc) is 2.68. The summed E-state index contributed by atoms with van der Waals surface area (Å²) in [4.78, 5) is 14.0. The predicted octanol–water partition coefficient (Wildman–Crippen LogP) is 1.93. The average molecular weight is 283 g/mol. The summed E-state index contributed by atoms with van der Waals surface area (Å²) < 4.78 is 0.889. The molecular weight excluding hydrogens is 268 g/mol. The van der Waals surface area contributed by atoms with Crippen LogP contribution >= 0.6 is 15.9 Å². The summed E-state index contributed by atoms with van der Waals surface area (Å²) in [7, 11) is 0. The first-order valence-corrected chi connectivity index (χ1v) is 6.19. The first-order chi connectivity index (χ1) is 7.59. The third kappa shape index (κ3) is 2.13. The Hall–Kier alpha value is -0.870. The fourth-order valence-electron chi connectivity index (χ4n) is 1.95. The molecule has 1 aliphatic heterocycles. The fourth-order valence-corrected chi connectivity index (χ4v) is 2.39. The molecule has 1 aromatic carbocycles. The van der Waals surface area contributed by atoms with Crippen LogP contribution in [0.25, 0.3) is 0 Å². The first kappa shape index (κ1) is 11.6. The molecular formula is C12H15BrN2O. The van der Waals surface area contributed by atoms with E-state index < -0.39 is 0 Å². The highest BCUT2D eigenvalue weighted by Crippen LogP contribution is 2.23. The summed E-state index contributed by atoms with van der Waals surface area (Å²) in [6, 6.07) is 5.87. The van der Waals surface area contributed by atoms with Crippen molar-refractivity contribution in [2.75, 3.05) is 13.1 Å². The van der Waals surface area contributed by atoms with Crippen molar-refractivity contribution in [2.45, 2.75) is 19.4 Å². The van der Waals surface area contributed by atoms with Crippen molar-refractivity contribution in [1.29, 1.82) is 0 Å². The maximum absolute atomic E-state index is 12.2. The summed E-state index contributed by atoms with van der Waals surface area (Å²) >= 11 is 3.46.